The van der Waals surface area contributed by atoms with Gasteiger partial charge in [0.05, 0.1) is 5.56 Å². The number of fused-ring (bicyclic) bond motifs is 1. The molecule has 1 aromatic carbocycles. The first-order valence-corrected chi connectivity index (χ1v) is 9.80. The SMILES string of the molecule is CN(CCOc1ccc(F)cc1)CCC(=O)Nc1sc2c(c1C#N)CCC2. The van der Waals surface area contributed by atoms with E-state index < -0.39 is 0 Å². The van der Waals surface area contributed by atoms with Crippen LogP contribution in [0.5, 0.6) is 5.75 Å². The first-order chi connectivity index (χ1) is 13.1. The van der Waals surface area contributed by atoms with Gasteiger partial charge in [0.1, 0.15) is 29.2 Å². The van der Waals surface area contributed by atoms with E-state index in [9.17, 15) is 14.4 Å². The lowest BCUT2D eigenvalue weighted by molar-refractivity contribution is -0.116. The molecule has 27 heavy (non-hydrogen) atoms. The number of halogens is 1. The van der Waals surface area contributed by atoms with Crippen molar-refractivity contribution < 1.29 is 13.9 Å². The molecule has 0 atom stereocenters. The molecule has 0 saturated carbocycles. The number of aryl methyl sites for hydroxylation is 1. The number of amides is 1. The molecule has 1 aromatic heterocycles. The average Bonchev–Trinajstić information content (AvgIpc) is 3.22. The first-order valence-electron chi connectivity index (χ1n) is 8.98. The van der Waals surface area contributed by atoms with Gasteiger partial charge in [-0.05, 0) is 56.1 Å². The van der Waals surface area contributed by atoms with Gasteiger partial charge in [0.25, 0.3) is 0 Å². The summed E-state index contributed by atoms with van der Waals surface area (Å²) in [5.74, 6) is 0.246. The van der Waals surface area contributed by atoms with Crippen molar-refractivity contribution in [3.05, 3.63) is 46.1 Å². The smallest absolute Gasteiger partial charge is 0.226 e. The third-order valence-corrected chi connectivity index (χ3v) is 5.77. The zero-order chi connectivity index (χ0) is 19.2. The van der Waals surface area contributed by atoms with Crippen molar-refractivity contribution in [2.75, 3.05) is 32.1 Å². The Bertz CT molecular complexity index is 842. The number of hydrogen-bond acceptors (Lipinski definition) is 5. The molecule has 0 spiro atoms. The van der Waals surface area contributed by atoms with Gasteiger partial charge in [-0.25, -0.2) is 4.39 Å². The van der Waals surface area contributed by atoms with Gasteiger partial charge >= 0.3 is 0 Å². The maximum Gasteiger partial charge on any atom is 0.226 e. The van der Waals surface area contributed by atoms with Gasteiger partial charge in [-0.1, -0.05) is 0 Å². The van der Waals surface area contributed by atoms with E-state index in [1.54, 1.807) is 12.1 Å². The van der Waals surface area contributed by atoms with E-state index in [2.05, 4.69) is 11.4 Å². The average molecular weight is 387 g/mol. The number of ether oxygens (including phenoxy) is 1. The summed E-state index contributed by atoms with van der Waals surface area (Å²) < 4.78 is 18.4. The molecule has 0 aliphatic heterocycles. The highest BCUT2D eigenvalue weighted by Gasteiger charge is 2.23. The molecule has 1 aliphatic carbocycles. The van der Waals surface area contributed by atoms with Crippen molar-refractivity contribution in [3.8, 4) is 11.8 Å². The molecule has 1 aliphatic rings. The largest absolute Gasteiger partial charge is 0.492 e. The van der Waals surface area contributed by atoms with Gasteiger partial charge < -0.3 is 15.0 Å². The second kappa shape index (κ2) is 8.98. The van der Waals surface area contributed by atoms with Gasteiger partial charge in [0.2, 0.25) is 5.91 Å². The lowest BCUT2D eigenvalue weighted by Gasteiger charge is -2.16. The van der Waals surface area contributed by atoms with Crippen LogP contribution in [0.15, 0.2) is 24.3 Å². The molecule has 1 amide bonds. The predicted molar refractivity (Wildman–Crippen MR) is 104 cm³/mol. The van der Waals surface area contributed by atoms with Crippen LogP contribution in [0.4, 0.5) is 9.39 Å². The Hall–Kier alpha value is -2.43. The fourth-order valence-electron chi connectivity index (χ4n) is 3.05. The van der Waals surface area contributed by atoms with E-state index in [0.29, 0.717) is 42.4 Å². The van der Waals surface area contributed by atoms with Gasteiger partial charge in [0, 0.05) is 24.4 Å². The van der Waals surface area contributed by atoms with Crippen LogP contribution in [0.25, 0.3) is 0 Å². The molecule has 0 saturated heterocycles. The predicted octanol–water partition coefficient (Wildman–Crippen LogP) is 3.59. The standard InChI is InChI=1S/C20H22FN3O2S/c1-24(11-12-26-15-7-5-14(21)6-8-15)10-9-19(25)23-20-17(13-22)16-3-2-4-18(16)27-20/h5-8H,2-4,9-12H2,1H3,(H,23,25). The number of benzene rings is 1. The summed E-state index contributed by atoms with van der Waals surface area (Å²) in [7, 11) is 1.92. The molecule has 0 unspecified atom stereocenters. The number of rotatable bonds is 8. The quantitative estimate of drug-likeness (QED) is 0.752. The Kier molecular flexibility index (Phi) is 6.43. The Morgan fingerprint density at radius 3 is 2.85 bits per heavy atom. The normalized spacial score (nSPS) is 12.7. The van der Waals surface area contributed by atoms with Crippen molar-refractivity contribution in [1.29, 1.82) is 5.26 Å². The third-order valence-electron chi connectivity index (χ3n) is 4.56. The molecular weight excluding hydrogens is 365 g/mol. The van der Waals surface area contributed by atoms with Crippen LogP contribution < -0.4 is 10.1 Å². The molecule has 5 nitrogen and oxygen atoms in total. The summed E-state index contributed by atoms with van der Waals surface area (Å²) in [5.41, 5.74) is 1.76. The number of nitriles is 1. The molecule has 0 fully saturated rings. The number of nitrogens with zero attached hydrogens (tertiary/aromatic N) is 2. The van der Waals surface area contributed by atoms with E-state index in [1.807, 2.05) is 11.9 Å². The second-order valence-electron chi connectivity index (χ2n) is 6.58. The molecule has 0 radical (unpaired) electrons. The van der Waals surface area contributed by atoms with E-state index in [4.69, 9.17) is 4.74 Å². The minimum atomic E-state index is -0.291. The monoisotopic (exact) mass is 387 g/mol. The summed E-state index contributed by atoms with van der Waals surface area (Å²) >= 11 is 1.53. The number of carbonyl (C=O) groups is 1. The summed E-state index contributed by atoms with van der Waals surface area (Å²) in [6, 6.07) is 8.14. The Balaban J connectivity index is 1.40. The molecule has 0 bridgehead atoms. The van der Waals surface area contributed by atoms with Crippen LogP contribution in [0.3, 0.4) is 0 Å². The van der Waals surface area contributed by atoms with Gasteiger partial charge in [-0.15, -0.1) is 11.3 Å². The Morgan fingerprint density at radius 2 is 2.11 bits per heavy atom. The van der Waals surface area contributed by atoms with Crippen LogP contribution >= 0.6 is 11.3 Å². The molecular formula is C20H22FN3O2S. The van der Waals surface area contributed by atoms with E-state index >= 15 is 0 Å². The molecule has 7 heteroatoms. The minimum absolute atomic E-state index is 0.0854. The summed E-state index contributed by atoms with van der Waals surface area (Å²) in [5, 5.41) is 13.0. The van der Waals surface area contributed by atoms with E-state index in [0.717, 1.165) is 24.8 Å². The van der Waals surface area contributed by atoms with Crippen molar-refractivity contribution in [2.45, 2.75) is 25.7 Å². The summed E-state index contributed by atoms with van der Waals surface area (Å²) in [4.78, 5) is 15.5. The van der Waals surface area contributed by atoms with Crippen LogP contribution in [-0.4, -0.2) is 37.6 Å². The number of likely N-dealkylation sites (N-methyl/N-ethyl adjacent to an activating group) is 1. The minimum Gasteiger partial charge on any atom is -0.492 e. The van der Waals surface area contributed by atoms with Crippen molar-refractivity contribution in [3.63, 3.8) is 0 Å². The second-order valence-corrected chi connectivity index (χ2v) is 7.68. The number of thiophene rings is 1. The molecule has 2 aromatic rings. The highest BCUT2D eigenvalue weighted by atomic mass is 32.1. The summed E-state index contributed by atoms with van der Waals surface area (Å²) in [6.45, 7) is 1.70. The van der Waals surface area contributed by atoms with Crippen molar-refractivity contribution >= 4 is 22.2 Å². The lowest BCUT2D eigenvalue weighted by atomic mass is 10.1. The zero-order valence-corrected chi connectivity index (χ0v) is 16.1. The molecule has 1 heterocycles. The number of nitrogens with one attached hydrogen (secondary N) is 1. The maximum absolute atomic E-state index is 12.8. The number of hydrogen-bond donors (Lipinski definition) is 1. The summed E-state index contributed by atoms with van der Waals surface area (Å²) in [6.07, 6.45) is 3.37. The highest BCUT2D eigenvalue weighted by molar-refractivity contribution is 7.16. The third kappa shape index (κ3) is 5.06. The van der Waals surface area contributed by atoms with Crippen LogP contribution in [0, 0.1) is 17.1 Å². The fraction of sp³-hybridized carbons (Fsp3) is 0.400. The van der Waals surface area contributed by atoms with Crippen molar-refractivity contribution in [2.24, 2.45) is 0 Å². The van der Waals surface area contributed by atoms with Gasteiger partial charge in [0.15, 0.2) is 0 Å². The van der Waals surface area contributed by atoms with E-state index in [-0.39, 0.29) is 11.7 Å². The lowest BCUT2D eigenvalue weighted by Crippen LogP contribution is -2.28. The number of carbonyl (C=O) groups excluding carboxylic acids is 1. The molecule has 3 rings (SSSR count). The Morgan fingerprint density at radius 1 is 1.33 bits per heavy atom. The molecule has 1 N–H and O–H groups in total. The van der Waals surface area contributed by atoms with Gasteiger partial charge in [-0.2, -0.15) is 5.26 Å². The van der Waals surface area contributed by atoms with Crippen LogP contribution in [0.2, 0.25) is 0 Å². The fourth-order valence-corrected chi connectivity index (χ4v) is 4.31. The topological polar surface area (TPSA) is 65.4 Å². The number of anilines is 1. The highest BCUT2D eigenvalue weighted by Crippen LogP contribution is 2.38. The zero-order valence-electron chi connectivity index (χ0n) is 15.3. The Labute approximate surface area is 162 Å². The first kappa shape index (κ1) is 19.3. The van der Waals surface area contributed by atoms with Gasteiger partial charge in [-0.3, -0.25) is 4.79 Å². The van der Waals surface area contributed by atoms with Crippen molar-refractivity contribution in [1.82, 2.24) is 4.90 Å². The van der Waals surface area contributed by atoms with E-state index in [1.165, 1.54) is 28.3 Å². The van der Waals surface area contributed by atoms with Crippen LogP contribution in [-0.2, 0) is 17.6 Å². The maximum atomic E-state index is 12.8. The van der Waals surface area contributed by atoms with Crippen LogP contribution in [0.1, 0.15) is 28.8 Å². The molecule has 142 valence electrons.